The average molecular weight is 395 g/mol. The third-order valence-electron chi connectivity index (χ3n) is 3.32. The number of nitrogens with one attached hydrogen (secondary N) is 2. The van der Waals surface area contributed by atoms with Crippen molar-refractivity contribution >= 4 is 23.4 Å². The Labute approximate surface area is 158 Å². The fourth-order valence-corrected chi connectivity index (χ4v) is 2.25. The molecule has 0 saturated heterocycles. The predicted molar refractivity (Wildman–Crippen MR) is 95.1 cm³/mol. The van der Waals surface area contributed by atoms with Crippen LogP contribution >= 0.6 is 11.6 Å². The second kappa shape index (κ2) is 9.10. The first-order valence-electron chi connectivity index (χ1n) is 7.73. The lowest BCUT2D eigenvalue weighted by Crippen LogP contribution is -2.37. The molecular formula is C19H14ClF3N2O2. The van der Waals surface area contributed by atoms with Crippen molar-refractivity contribution in [2.75, 3.05) is 13.1 Å². The molecular weight excluding hydrogens is 381 g/mol. The van der Waals surface area contributed by atoms with E-state index in [1.54, 1.807) is 18.2 Å². The summed E-state index contributed by atoms with van der Waals surface area (Å²) in [6, 6.07) is 11.0. The summed E-state index contributed by atoms with van der Waals surface area (Å²) in [5.41, 5.74) is -0.358. The van der Waals surface area contributed by atoms with Crippen molar-refractivity contribution in [3.8, 4) is 11.8 Å². The molecule has 0 fully saturated rings. The van der Waals surface area contributed by atoms with Gasteiger partial charge in [-0.2, -0.15) is 13.2 Å². The van der Waals surface area contributed by atoms with Gasteiger partial charge in [0, 0.05) is 5.56 Å². The van der Waals surface area contributed by atoms with Gasteiger partial charge >= 0.3 is 6.18 Å². The Morgan fingerprint density at radius 1 is 1.04 bits per heavy atom. The quantitative estimate of drug-likeness (QED) is 0.782. The highest BCUT2D eigenvalue weighted by Gasteiger charge is 2.30. The third-order valence-corrected chi connectivity index (χ3v) is 3.65. The van der Waals surface area contributed by atoms with Gasteiger partial charge in [-0.05, 0) is 30.3 Å². The molecule has 4 nitrogen and oxygen atoms in total. The van der Waals surface area contributed by atoms with Gasteiger partial charge in [-0.1, -0.05) is 41.6 Å². The van der Waals surface area contributed by atoms with Gasteiger partial charge in [0.1, 0.15) is 0 Å². The van der Waals surface area contributed by atoms with Crippen LogP contribution in [0.2, 0.25) is 5.02 Å². The number of carbonyl (C=O) groups is 2. The fraction of sp³-hybridized carbons (Fsp3) is 0.158. The summed E-state index contributed by atoms with van der Waals surface area (Å²) in [6.07, 6.45) is -4.44. The fourth-order valence-electron chi connectivity index (χ4n) is 2.03. The SMILES string of the molecule is O=C(CNC(=O)c1ccccc1Cl)NCC#Cc1cccc(C(F)(F)F)c1. The van der Waals surface area contributed by atoms with Crippen molar-refractivity contribution < 1.29 is 22.8 Å². The highest BCUT2D eigenvalue weighted by atomic mass is 35.5. The second-order valence-corrected chi connectivity index (χ2v) is 5.73. The lowest BCUT2D eigenvalue weighted by Gasteiger charge is -2.06. The first-order chi connectivity index (χ1) is 12.8. The zero-order valence-electron chi connectivity index (χ0n) is 13.9. The minimum absolute atomic E-state index is 0.0724. The summed E-state index contributed by atoms with van der Waals surface area (Å²) < 4.78 is 37.8. The van der Waals surface area contributed by atoms with Gasteiger partial charge in [0.05, 0.1) is 29.2 Å². The summed E-state index contributed by atoms with van der Waals surface area (Å²) in [5.74, 6) is 4.11. The van der Waals surface area contributed by atoms with E-state index in [1.807, 2.05) is 0 Å². The Hall–Kier alpha value is -2.98. The third kappa shape index (κ3) is 6.35. The largest absolute Gasteiger partial charge is 0.416 e. The van der Waals surface area contributed by atoms with E-state index in [4.69, 9.17) is 11.6 Å². The van der Waals surface area contributed by atoms with Gasteiger partial charge in [-0.3, -0.25) is 9.59 Å². The Bertz CT molecular complexity index is 902. The summed E-state index contributed by atoms with van der Waals surface area (Å²) in [5, 5.41) is 5.12. The molecule has 0 aromatic heterocycles. The van der Waals surface area contributed by atoms with E-state index in [9.17, 15) is 22.8 Å². The Morgan fingerprint density at radius 3 is 2.48 bits per heavy atom. The maximum atomic E-state index is 12.6. The van der Waals surface area contributed by atoms with Crippen LogP contribution in [0.3, 0.4) is 0 Å². The van der Waals surface area contributed by atoms with Gasteiger partial charge in [-0.15, -0.1) is 0 Å². The van der Waals surface area contributed by atoms with Crippen molar-refractivity contribution in [2.45, 2.75) is 6.18 Å². The van der Waals surface area contributed by atoms with Crippen molar-refractivity contribution in [3.63, 3.8) is 0 Å². The number of hydrogen-bond acceptors (Lipinski definition) is 2. The number of halogens is 4. The van der Waals surface area contributed by atoms with E-state index < -0.39 is 23.6 Å². The number of benzene rings is 2. The van der Waals surface area contributed by atoms with Crippen molar-refractivity contribution in [1.82, 2.24) is 10.6 Å². The molecule has 0 bridgehead atoms. The van der Waals surface area contributed by atoms with E-state index >= 15 is 0 Å². The topological polar surface area (TPSA) is 58.2 Å². The molecule has 0 aliphatic heterocycles. The molecule has 2 N–H and O–H groups in total. The normalized spacial score (nSPS) is 10.5. The van der Waals surface area contributed by atoms with Crippen LogP contribution in [-0.4, -0.2) is 24.9 Å². The molecule has 140 valence electrons. The molecule has 0 unspecified atom stereocenters. The number of amides is 2. The number of carbonyl (C=O) groups excluding carboxylic acids is 2. The van der Waals surface area contributed by atoms with E-state index in [-0.39, 0.29) is 29.2 Å². The lowest BCUT2D eigenvalue weighted by atomic mass is 10.1. The van der Waals surface area contributed by atoms with Crippen LogP contribution in [0.5, 0.6) is 0 Å². The van der Waals surface area contributed by atoms with Crippen molar-refractivity contribution in [3.05, 3.63) is 70.2 Å². The molecule has 27 heavy (non-hydrogen) atoms. The zero-order chi connectivity index (χ0) is 19.9. The maximum absolute atomic E-state index is 12.6. The van der Waals surface area contributed by atoms with E-state index in [0.717, 1.165) is 12.1 Å². The van der Waals surface area contributed by atoms with Crippen LogP contribution in [0.1, 0.15) is 21.5 Å². The molecule has 2 rings (SSSR count). The van der Waals surface area contributed by atoms with Crippen LogP contribution < -0.4 is 10.6 Å². The van der Waals surface area contributed by atoms with E-state index in [2.05, 4.69) is 22.5 Å². The predicted octanol–water partition coefficient (Wildman–Crippen LogP) is 3.26. The molecule has 0 aliphatic rings. The summed E-state index contributed by atoms with van der Waals surface area (Å²) in [7, 11) is 0. The lowest BCUT2D eigenvalue weighted by molar-refractivity contribution is -0.137. The van der Waals surface area contributed by atoms with Crippen LogP contribution in [-0.2, 0) is 11.0 Å². The van der Waals surface area contributed by atoms with E-state index in [0.29, 0.717) is 0 Å². The molecule has 2 aromatic rings. The van der Waals surface area contributed by atoms with Gasteiger partial charge < -0.3 is 10.6 Å². The highest BCUT2D eigenvalue weighted by Crippen LogP contribution is 2.29. The monoisotopic (exact) mass is 394 g/mol. The minimum Gasteiger partial charge on any atom is -0.344 e. The summed E-state index contributed by atoms with van der Waals surface area (Å²) in [4.78, 5) is 23.6. The molecule has 0 spiro atoms. The molecule has 2 amide bonds. The van der Waals surface area contributed by atoms with Crippen LogP contribution in [0, 0.1) is 11.8 Å². The van der Waals surface area contributed by atoms with Crippen molar-refractivity contribution in [1.29, 1.82) is 0 Å². The first-order valence-corrected chi connectivity index (χ1v) is 8.11. The zero-order valence-corrected chi connectivity index (χ0v) is 14.6. The molecule has 0 heterocycles. The summed E-state index contributed by atoms with van der Waals surface area (Å²) in [6.45, 7) is -0.355. The second-order valence-electron chi connectivity index (χ2n) is 5.32. The maximum Gasteiger partial charge on any atom is 0.416 e. The van der Waals surface area contributed by atoms with E-state index in [1.165, 1.54) is 18.2 Å². The smallest absolute Gasteiger partial charge is 0.344 e. The van der Waals surface area contributed by atoms with Gasteiger partial charge in [0.15, 0.2) is 0 Å². The molecule has 0 radical (unpaired) electrons. The summed E-state index contributed by atoms with van der Waals surface area (Å²) >= 11 is 5.88. The minimum atomic E-state index is -4.44. The van der Waals surface area contributed by atoms with Gasteiger partial charge in [0.2, 0.25) is 5.91 Å². The van der Waals surface area contributed by atoms with Gasteiger partial charge in [0.25, 0.3) is 5.91 Å². The average Bonchev–Trinajstić information content (AvgIpc) is 2.63. The first kappa shape index (κ1) is 20.3. The standard InChI is InChI=1S/C19H14ClF3N2O2/c20-16-9-2-1-8-15(16)18(27)25-12-17(26)24-10-4-6-13-5-3-7-14(11-13)19(21,22)23/h1-3,5,7-9,11H,10,12H2,(H,24,26)(H,25,27). The molecule has 0 atom stereocenters. The number of rotatable bonds is 4. The van der Waals surface area contributed by atoms with Gasteiger partial charge in [-0.25, -0.2) is 0 Å². The molecule has 0 aliphatic carbocycles. The highest BCUT2D eigenvalue weighted by molar-refractivity contribution is 6.33. The Morgan fingerprint density at radius 2 is 1.78 bits per heavy atom. The Balaban J connectivity index is 1.81. The number of alkyl halides is 3. The Kier molecular flexibility index (Phi) is 6.85. The molecule has 8 heteroatoms. The van der Waals surface area contributed by atoms with Crippen LogP contribution in [0.25, 0.3) is 0 Å². The molecule has 2 aromatic carbocycles. The van der Waals surface area contributed by atoms with Crippen LogP contribution in [0.4, 0.5) is 13.2 Å². The van der Waals surface area contributed by atoms with Crippen molar-refractivity contribution in [2.24, 2.45) is 0 Å². The molecule has 0 saturated carbocycles. The number of hydrogen-bond donors (Lipinski definition) is 2. The van der Waals surface area contributed by atoms with Crippen LogP contribution in [0.15, 0.2) is 48.5 Å².